The van der Waals surface area contributed by atoms with E-state index in [1.54, 1.807) is 24.4 Å². The molecule has 3 rings (SSSR count). The largest absolute Gasteiger partial charge is 0.356 e. The molecule has 2 heterocycles. The third-order valence-electron chi connectivity index (χ3n) is 4.50. The van der Waals surface area contributed by atoms with Gasteiger partial charge in [0.2, 0.25) is 5.91 Å². The lowest BCUT2D eigenvalue weighted by Crippen LogP contribution is -2.37. The van der Waals surface area contributed by atoms with E-state index in [1.807, 2.05) is 18.2 Å². The molecule has 7 heteroatoms. The fraction of sp³-hybridized carbons (Fsp3) is 0.350. The van der Waals surface area contributed by atoms with E-state index >= 15 is 0 Å². The Bertz CT molecular complexity index is 806. The first-order chi connectivity index (χ1) is 13.1. The van der Waals surface area contributed by atoms with Crippen molar-refractivity contribution in [2.45, 2.75) is 25.8 Å². The van der Waals surface area contributed by atoms with E-state index in [2.05, 4.69) is 36.4 Å². The van der Waals surface area contributed by atoms with Crippen LogP contribution >= 0.6 is 15.9 Å². The molecule has 1 aliphatic rings. The Morgan fingerprint density at radius 1 is 1.07 bits per heavy atom. The molecule has 1 aromatic heterocycles. The molecular formula is C20H23BrN4O2. The van der Waals surface area contributed by atoms with Crippen molar-refractivity contribution in [3.63, 3.8) is 0 Å². The van der Waals surface area contributed by atoms with Crippen LogP contribution in [0.1, 0.15) is 35.2 Å². The molecule has 1 aliphatic heterocycles. The van der Waals surface area contributed by atoms with E-state index in [1.165, 1.54) is 19.3 Å². The van der Waals surface area contributed by atoms with Gasteiger partial charge in [-0.2, -0.15) is 0 Å². The first-order valence-electron chi connectivity index (χ1n) is 9.13. The SMILES string of the molecule is O=C(CNC(=O)c1cccc(Br)c1)NCc1cccnc1N1CCCCC1. The minimum absolute atomic E-state index is 0.0648. The summed E-state index contributed by atoms with van der Waals surface area (Å²) in [6.45, 7) is 2.33. The number of pyridine rings is 1. The molecule has 2 aromatic rings. The number of piperidine rings is 1. The number of rotatable bonds is 6. The van der Waals surface area contributed by atoms with E-state index in [4.69, 9.17) is 0 Å². The van der Waals surface area contributed by atoms with Gasteiger partial charge in [-0.05, 0) is 43.5 Å². The predicted octanol–water partition coefficient (Wildman–Crippen LogP) is 2.88. The number of carbonyl (C=O) groups is 2. The number of hydrogen-bond donors (Lipinski definition) is 2. The lowest BCUT2D eigenvalue weighted by atomic mass is 10.1. The average molecular weight is 431 g/mol. The monoisotopic (exact) mass is 430 g/mol. The molecule has 0 spiro atoms. The number of aromatic nitrogens is 1. The average Bonchev–Trinajstić information content (AvgIpc) is 2.71. The molecule has 2 amide bonds. The molecule has 6 nitrogen and oxygen atoms in total. The van der Waals surface area contributed by atoms with E-state index < -0.39 is 0 Å². The third-order valence-corrected chi connectivity index (χ3v) is 4.99. The third kappa shape index (κ3) is 5.53. The Kier molecular flexibility index (Phi) is 6.81. The second-order valence-corrected chi connectivity index (χ2v) is 7.42. The first kappa shape index (κ1) is 19.4. The lowest BCUT2D eigenvalue weighted by Gasteiger charge is -2.29. The minimum Gasteiger partial charge on any atom is -0.356 e. The summed E-state index contributed by atoms with van der Waals surface area (Å²) in [4.78, 5) is 31.0. The molecule has 0 aliphatic carbocycles. The highest BCUT2D eigenvalue weighted by molar-refractivity contribution is 9.10. The molecule has 1 fully saturated rings. The van der Waals surface area contributed by atoms with Gasteiger partial charge < -0.3 is 15.5 Å². The van der Waals surface area contributed by atoms with Gasteiger partial charge in [0.1, 0.15) is 5.82 Å². The predicted molar refractivity (Wildman–Crippen MR) is 109 cm³/mol. The van der Waals surface area contributed by atoms with Gasteiger partial charge in [0, 0.05) is 41.4 Å². The van der Waals surface area contributed by atoms with Crippen LogP contribution in [-0.4, -0.2) is 36.4 Å². The van der Waals surface area contributed by atoms with Gasteiger partial charge in [-0.1, -0.05) is 28.1 Å². The molecule has 0 radical (unpaired) electrons. The number of carbonyl (C=O) groups excluding carboxylic acids is 2. The van der Waals surface area contributed by atoms with Gasteiger partial charge in [-0.3, -0.25) is 9.59 Å². The number of anilines is 1. The van der Waals surface area contributed by atoms with Gasteiger partial charge in [0.05, 0.1) is 6.54 Å². The molecule has 0 unspecified atom stereocenters. The van der Waals surface area contributed by atoms with E-state index in [0.717, 1.165) is 28.9 Å². The maximum absolute atomic E-state index is 12.1. The van der Waals surface area contributed by atoms with Crippen molar-refractivity contribution in [2.24, 2.45) is 0 Å². The zero-order valence-corrected chi connectivity index (χ0v) is 16.7. The molecule has 0 bridgehead atoms. The van der Waals surface area contributed by atoms with Crippen molar-refractivity contribution in [3.05, 3.63) is 58.2 Å². The van der Waals surface area contributed by atoms with Gasteiger partial charge in [0.25, 0.3) is 5.91 Å². The van der Waals surface area contributed by atoms with Gasteiger partial charge in [-0.25, -0.2) is 4.98 Å². The molecule has 27 heavy (non-hydrogen) atoms. The standard InChI is InChI=1S/C20H23BrN4O2/c21-17-8-4-6-15(12-17)20(27)24-14-18(26)23-13-16-7-5-9-22-19(16)25-10-2-1-3-11-25/h4-9,12H,1-3,10-11,13-14H2,(H,23,26)(H,24,27). The minimum atomic E-state index is -0.276. The van der Waals surface area contributed by atoms with E-state index in [0.29, 0.717) is 12.1 Å². The highest BCUT2D eigenvalue weighted by Crippen LogP contribution is 2.21. The number of amides is 2. The Balaban J connectivity index is 1.51. The van der Waals surface area contributed by atoms with Crippen LogP contribution in [0.15, 0.2) is 47.1 Å². The number of nitrogens with zero attached hydrogens (tertiary/aromatic N) is 2. The lowest BCUT2D eigenvalue weighted by molar-refractivity contribution is -0.120. The summed E-state index contributed by atoms with van der Waals surface area (Å²) in [7, 11) is 0. The molecule has 1 saturated heterocycles. The molecule has 0 atom stereocenters. The van der Waals surface area contributed by atoms with Crippen LogP contribution in [0, 0.1) is 0 Å². The molecule has 1 aromatic carbocycles. The summed E-state index contributed by atoms with van der Waals surface area (Å²) in [6.07, 6.45) is 5.38. The maximum Gasteiger partial charge on any atom is 0.251 e. The van der Waals surface area contributed by atoms with Gasteiger partial charge >= 0.3 is 0 Å². The quantitative estimate of drug-likeness (QED) is 0.738. The molecule has 142 valence electrons. The van der Waals surface area contributed by atoms with Crippen molar-refractivity contribution in [1.29, 1.82) is 0 Å². The topological polar surface area (TPSA) is 74.3 Å². The van der Waals surface area contributed by atoms with Gasteiger partial charge in [0.15, 0.2) is 0 Å². The van der Waals surface area contributed by atoms with Crippen molar-refractivity contribution < 1.29 is 9.59 Å². The molecular weight excluding hydrogens is 408 g/mol. The maximum atomic E-state index is 12.1. The van der Waals surface area contributed by atoms with Crippen molar-refractivity contribution >= 4 is 33.6 Å². The number of halogens is 1. The van der Waals surface area contributed by atoms with Crippen LogP contribution in [0.3, 0.4) is 0 Å². The van der Waals surface area contributed by atoms with E-state index in [9.17, 15) is 9.59 Å². The Morgan fingerprint density at radius 2 is 1.89 bits per heavy atom. The summed E-state index contributed by atoms with van der Waals surface area (Å²) in [5.41, 5.74) is 1.50. The number of nitrogens with one attached hydrogen (secondary N) is 2. The van der Waals surface area contributed by atoms with Gasteiger partial charge in [-0.15, -0.1) is 0 Å². The second-order valence-electron chi connectivity index (χ2n) is 6.50. The summed E-state index contributed by atoms with van der Waals surface area (Å²) in [5.74, 6) is 0.435. The second kappa shape index (κ2) is 9.50. The zero-order chi connectivity index (χ0) is 19.1. The van der Waals surface area contributed by atoms with Crippen molar-refractivity contribution in [1.82, 2.24) is 15.6 Å². The first-order valence-corrected chi connectivity index (χ1v) is 9.92. The fourth-order valence-electron chi connectivity index (χ4n) is 3.11. The smallest absolute Gasteiger partial charge is 0.251 e. The highest BCUT2D eigenvalue weighted by atomic mass is 79.9. The molecule has 2 N–H and O–H groups in total. The summed E-state index contributed by atoms with van der Waals surface area (Å²) >= 11 is 3.33. The van der Waals surface area contributed by atoms with Crippen LogP contribution < -0.4 is 15.5 Å². The summed E-state index contributed by atoms with van der Waals surface area (Å²) in [5, 5.41) is 5.51. The number of hydrogen-bond acceptors (Lipinski definition) is 4. The normalized spacial score (nSPS) is 13.9. The van der Waals surface area contributed by atoms with Crippen LogP contribution in [0.4, 0.5) is 5.82 Å². The Labute approximate surface area is 167 Å². The van der Waals surface area contributed by atoms with Crippen molar-refractivity contribution in [3.8, 4) is 0 Å². The summed E-state index contributed by atoms with van der Waals surface area (Å²) in [6, 6.07) is 10.9. The Morgan fingerprint density at radius 3 is 2.67 bits per heavy atom. The van der Waals surface area contributed by atoms with E-state index in [-0.39, 0.29) is 18.4 Å². The number of benzene rings is 1. The zero-order valence-electron chi connectivity index (χ0n) is 15.1. The highest BCUT2D eigenvalue weighted by Gasteiger charge is 2.16. The van der Waals surface area contributed by atoms with Crippen LogP contribution in [0.2, 0.25) is 0 Å². The van der Waals surface area contributed by atoms with Crippen LogP contribution in [0.25, 0.3) is 0 Å². The Hall–Kier alpha value is -2.41. The summed E-state index contributed by atoms with van der Waals surface area (Å²) < 4.78 is 0.821. The van der Waals surface area contributed by atoms with Crippen molar-refractivity contribution in [2.75, 3.05) is 24.5 Å². The fourth-order valence-corrected chi connectivity index (χ4v) is 3.51. The molecule has 0 saturated carbocycles. The van der Waals surface area contributed by atoms with Crippen LogP contribution in [0.5, 0.6) is 0 Å². The van der Waals surface area contributed by atoms with Crippen LogP contribution in [-0.2, 0) is 11.3 Å².